The predicted molar refractivity (Wildman–Crippen MR) is 58.4 cm³/mol. The van der Waals surface area contributed by atoms with Crippen LogP contribution in [0.25, 0.3) is 0 Å². The second kappa shape index (κ2) is 4.56. The first kappa shape index (κ1) is 10.3. The van der Waals surface area contributed by atoms with E-state index in [9.17, 15) is 4.79 Å². The lowest BCUT2D eigenvalue weighted by molar-refractivity contribution is -0.150. The maximum absolute atomic E-state index is 11.4. The molecule has 1 aliphatic carbocycles. The summed E-state index contributed by atoms with van der Waals surface area (Å²) < 4.78 is 5.44. The lowest BCUT2D eigenvalue weighted by Gasteiger charge is -2.20. The highest BCUT2D eigenvalue weighted by atomic mass is 32.2. The molecule has 2 rings (SSSR count). The maximum atomic E-state index is 11.4. The Hall–Kier alpha value is -0.180. The molecule has 1 saturated carbocycles. The SMILES string of the molecule is CCCCC(=O)OC1CCC2SC2C1. The summed E-state index contributed by atoms with van der Waals surface area (Å²) >= 11 is 2.06. The molecule has 0 aromatic heterocycles. The van der Waals surface area contributed by atoms with Gasteiger partial charge in [-0.2, -0.15) is 11.8 Å². The van der Waals surface area contributed by atoms with E-state index in [1.54, 1.807) is 0 Å². The Balaban J connectivity index is 1.66. The van der Waals surface area contributed by atoms with Crippen LogP contribution in [0.5, 0.6) is 0 Å². The van der Waals surface area contributed by atoms with E-state index in [4.69, 9.17) is 4.74 Å². The molecular formula is C11H18O2S. The van der Waals surface area contributed by atoms with Gasteiger partial charge in [0, 0.05) is 16.9 Å². The van der Waals surface area contributed by atoms with Crippen molar-refractivity contribution in [3.8, 4) is 0 Å². The van der Waals surface area contributed by atoms with Gasteiger partial charge >= 0.3 is 5.97 Å². The highest BCUT2D eigenvalue weighted by molar-refractivity contribution is 8.07. The molecule has 2 aliphatic rings. The molecule has 3 heteroatoms. The molecule has 0 spiro atoms. The molecule has 0 aromatic carbocycles. The molecule has 0 aromatic rings. The highest BCUT2D eigenvalue weighted by Crippen LogP contribution is 2.51. The van der Waals surface area contributed by atoms with Crippen LogP contribution in [0.3, 0.4) is 0 Å². The zero-order valence-electron chi connectivity index (χ0n) is 8.70. The molecule has 0 radical (unpaired) electrons. The minimum absolute atomic E-state index is 0.0148. The molecule has 0 amide bonds. The van der Waals surface area contributed by atoms with Gasteiger partial charge in [-0.25, -0.2) is 0 Å². The normalized spacial score (nSPS) is 34.8. The third-order valence-electron chi connectivity index (χ3n) is 2.99. The van der Waals surface area contributed by atoms with Crippen LogP contribution in [0, 0.1) is 0 Å². The van der Waals surface area contributed by atoms with E-state index in [2.05, 4.69) is 18.7 Å². The summed E-state index contributed by atoms with van der Waals surface area (Å²) in [6.45, 7) is 2.10. The fourth-order valence-electron chi connectivity index (χ4n) is 2.04. The second-order valence-corrected chi connectivity index (χ2v) is 5.72. The standard InChI is InChI=1S/C11H18O2S/c1-2-3-4-11(12)13-8-5-6-9-10(7-8)14-9/h8-10H,2-7H2,1H3. The first-order chi connectivity index (χ1) is 6.79. The van der Waals surface area contributed by atoms with Crippen molar-refractivity contribution in [1.29, 1.82) is 0 Å². The molecule has 14 heavy (non-hydrogen) atoms. The van der Waals surface area contributed by atoms with Gasteiger partial charge in [-0.1, -0.05) is 13.3 Å². The lowest BCUT2D eigenvalue weighted by atomic mass is 9.98. The van der Waals surface area contributed by atoms with Crippen LogP contribution in [0.1, 0.15) is 45.4 Å². The number of esters is 1. The van der Waals surface area contributed by atoms with E-state index in [-0.39, 0.29) is 12.1 Å². The summed E-state index contributed by atoms with van der Waals surface area (Å²) in [5.74, 6) is 0.0148. The molecule has 0 N–H and O–H groups in total. The Morgan fingerprint density at radius 2 is 2.29 bits per heavy atom. The Bertz CT molecular complexity index is 217. The fraction of sp³-hybridized carbons (Fsp3) is 0.909. The minimum Gasteiger partial charge on any atom is -0.462 e. The molecule has 1 heterocycles. The number of hydrogen-bond acceptors (Lipinski definition) is 3. The molecule has 1 saturated heterocycles. The third-order valence-corrected chi connectivity index (χ3v) is 4.46. The van der Waals surface area contributed by atoms with Crippen LogP contribution in [0.15, 0.2) is 0 Å². The average Bonchev–Trinajstić information content (AvgIpc) is 2.92. The number of rotatable bonds is 4. The van der Waals surface area contributed by atoms with E-state index in [1.807, 2.05) is 0 Å². The van der Waals surface area contributed by atoms with Gasteiger partial charge in [-0.3, -0.25) is 4.79 Å². The highest BCUT2D eigenvalue weighted by Gasteiger charge is 2.44. The number of carbonyl (C=O) groups is 1. The smallest absolute Gasteiger partial charge is 0.306 e. The molecule has 80 valence electrons. The van der Waals surface area contributed by atoms with Crippen LogP contribution < -0.4 is 0 Å². The summed E-state index contributed by atoms with van der Waals surface area (Å²) in [6.07, 6.45) is 6.32. The van der Waals surface area contributed by atoms with E-state index in [0.29, 0.717) is 6.42 Å². The van der Waals surface area contributed by atoms with E-state index >= 15 is 0 Å². The number of carbonyl (C=O) groups excluding carboxylic acids is 1. The van der Waals surface area contributed by atoms with Crippen molar-refractivity contribution >= 4 is 17.7 Å². The predicted octanol–water partition coefficient (Wildman–Crippen LogP) is 2.76. The zero-order valence-corrected chi connectivity index (χ0v) is 9.52. The van der Waals surface area contributed by atoms with Gasteiger partial charge in [-0.05, 0) is 25.7 Å². The fourth-order valence-corrected chi connectivity index (χ4v) is 3.24. The van der Waals surface area contributed by atoms with Crippen LogP contribution in [0.4, 0.5) is 0 Å². The molecular weight excluding hydrogens is 196 g/mol. The van der Waals surface area contributed by atoms with Gasteiger partial charge in [0.05, 0.1) is 0 Å². The van der Waals surface area contributed by atoms with Crippen molar-refractivity contribution in [2.45, 2.75) is 62.1 Å². The molecule has 1 aliphatic heterocycles. The summed E-state index contributed by atoms with van der Waals surface area (Å²) in [4.78, 5) is 11.4. The topological polar surface area (TPSA) is 26.3 Å². The van der Waals surface area contributed by atoms with Crippen LogP contribution >= 0.6 is 11.8 Å². The first-order valence-electron chi connectivity index (χ1n) is 5.64. The average molecular weight is 214 g/mol. The monoisotopic (exact) mass is 214 g/mol. The lowest BCUT2D eigenvalue weighted by Crippen LogP contribution is -2.24. The maximum Gasteiger partial charge on any atom is 0.306 e. The number of thioether (sulfide) groups is 1. The van der Waals surface area contributed by atoms with E-state index in [1.165, 1.54) is 6.42 Å². The van der Waals surface area contributed by atoms with Gasteiger partial charge in [0.2, 0.25) is 0 Å². The molecule has 3 atom stereocenters. The molecule has 2 nitrogen and oxygen atoms in total. The summed E-state index contributed by atoms with van der Waals surface area (Å²) in [6, 6.07) is 0. The van der Waals surface area contributed by atoms with Crippen LogP contribution in [0.2, 0.25) is 0 Å². The number of unbranched alkanes of at least 4 members (excludes halogenated alkanes) is 1. The van der Waals surface area contributed by atoms with Crippen molar-refractivity contribution in [2.75, 3.05) is 0 Å². The van der Waals surface area contributed by atoms with E-state index < -0.39 is 0 Å². The van der Waals surface area contributed by atoms with Crippen molar-refractivity contribution in [2.24, 2.45) is 0 Å². The number of fused-ring (bicyclic) bond motifs is 1. The third kappa shape index (κ3) is 2.66. The Labute approximate surface area is 89.8 Å². The van der Waals surface area contributed by atoms with Gasteiger partial charge in [0.25, 0.3) is 0 Å². The van der Waals surface area contributed by atoms with Crippen LogP contribution in [-0.2, 0) is 9.53 Å². The van der Waals surface area contributed by atoms with Gasteiger partial charge in [-0.15, -0.1) is 0 Å². The molecule has 3 unspecified atom stereocenters. The Morgan fingerprint density at radius 1 is 1.43 bits per heavy atom. The molecule has 2 fully saturated rings. The van der Waals surface area contributed by atoms with Gasteiger partial charge in [0.15, 0.2) is 0 Å². The van der Waals surface area contributed by atoms with Crippen molar-refractivity contribution in [3.05, 3.63) is 0 Å². The van der Waals surface area contributed by atoms with Crippen molar-refractivity contribution in [1.82, 2.24) is 0 Å². The quantitative estimate of drug-likeness (QED) is 0.531. The summed E-state index contributed by atoms with van der Waals surface area (Å²) in [5, 5.41) is 1.72. The number of ether oxygens (including phenoxy) is 1. The largest absolute Gasteiger partial charge is 0.462 e. The first-order valence-corrected chi connectivity index (χ1v) is 6.59. The Kier molecular flexibility index (Phi) is 3.37. The van der Waals surface area contributed by atoms with Crippen LogP contribution in [-0.4, -0.2) is 22.6 Å². The summed E-state index contributed by atoms with van der Waals surface area (Å²) in [7, 11) is 0. The van der Waals surface area contributed by atoms with Gasteiger partial charge < -0.3 is 4.74 Å². The van der Waals surface area contributed by atoms with Gasteiger partial charge in [0.1, 0.15) is 6.10 Å². The second-order valence-electron chi connectivity index (χ2n) is 4.24. The van der Waals surface area contributed by atoms with E-state index in [0.717, 1.165) is 36.2 Å². The molecule has 0 bridgehead atoms. The van der Waals surface area contributed by atoms with Crippen molar-refractivity contribution in [3.63, 3.8) is 0 Å². The Morgan fingerprint density at radius 3 is 3.00 bits per heavy atom. The summed E-state index contributed by atoms with van der Waals surface area (Å²) in [5.41, 5.74) is 0. The number of hydrogen-bond donors (Lipinski definition) is 0. The van der Waals surface area contributed by atoms with Crippen molar-refractivity contribution < 1.29 is 9.53 Å². The minimum atomic E-state index is 0.0148. The zero-order chi connectivity index (χ0) is 9.97.